The second kappa shape index (κ2) is 6.37. The van der Waals surface area contributed by atoms with E-state index in [4.69, 9.17) is 9.26 Å². The van der Waals surface area contributed by atoms with Crippen molar-refractivity contribution < 1.29 is 9.26 Å². The molecular weight excluding hydrogens is 266 g/mol. The topological polar surface area (TPSA) is 60.2 Å². The van der Waals surface area contributed by atoms with Gasteiger partial charge in [-0.2, -0.15) is 4.98 Å². The summed E-state index contributed by atoms with van der Waals surface area (Å²) >= 11 is 0. The first-order valence-corrected chi connectivity index (χ1v) is 7.50. The van der Waals surface area contributed by atoms with Crippen molar-refractivity contribution in [1.29, 1.82) is 0 Å². The van der Waals surface area contributed by atoms with Crippen LogP contribution in [0.5, 0.6) is 0 Å². The monoisotopic (exact) mass is 287 g/mol. The molecule has 1 aromatic carbocycles. The zero-order chi connectivity index (χ0) is 14.7. The highest BCUT2D eigenvalue weighted by molar-refractivity contribution is 5.59. The van der Waals surface area contributed by atoms with Crippen LogP contribution in [0.15, 0.2) is 28.8 Å². The van der Waals surface area contributed by atoms with E-state index in [0.29, 0.717) is 24.9 Å². The van der Waals surface area contributed by atoms with E-state index < -0.39 is 0 Å². The van der Waals surface area contributed by atoms with Crippen molar-refractivity contribution in [3.8, 4) is 11.4 Å². The van der Waals surface area contributed by atoms with Crippen LogP contribution in [0.25, 0.3) is 11.4 Å². The summed E-state index contributed by atoms with van der Waals surface area (Å²) in [5.74, 6) is 1.46. The number of nitrogens with one attached hydrogen (secondary N) is 1. The van der Waals surface area contributed by atoms with Gasteiger partial charge in [-0.15, -0.1) is 0 Å². The maximum absolute atomic E-state index is 5.57. The molecule has 21 heavy (non-hydrogen) atoms. The Morgan fingerprint density at radius 3 is 2.95 bits per heavy atom. The minimum Gasteiger partial charge on any atom is -0.379 e. The molecule has 2 heterocycles. The molecule has 1 saturated heterocycles. The van der Waals surface area contributed by atoms with Crippen molar-refractivity contribution in [3.05, 3.63) is 35.7 Å². The molecule has 1 aliphatic heterocycles. The van der Waals surface area contributed by atoms with Gasteiger partial charge in [0, 0.05) is 11.6 Å². The normalized spacial score (nSPS) is 21.8. The Labute approximate surface area is 124 Å². The Bertz CT molecular complexity index is 597. The van der Waals surface area contributed by atoms with Crippen LogP contribution >= 0.6 is 0 Å². The number of aryl methyl sites for hydroxylation is 1. The maximum Gasteiger partial charge on any atom is 0.234 e. The highest BCUT2D eigenvalue weighted by Crippen LogP contribution is 2.27. The SMILES string of the molecule is CCCNC1COCC1c1nc(-c2ccccc2C)no1. The molecule has 2 unspecified atom stereocenters. The van der Waals surface area contributed by atoms with Gasteiger partial charge in [0.15, 0.2) is 0 Å². The Morgan fingerprint density at radius 2 is 2.14 bits per heavy atom. The minimum atomic E-state index is 0.141. The predicted octanol–water partition coefficient (Wildman–Crippen LogP) is 2.53. The molecule has 0 spiro atoms. The smallest absolute Gasteiger partial charge is 0.234 e. The first-order valence-electron chi connectivity index (χ1n) is 7.50. The number of nitrogens with zero attached hydrogens (tertiary/aromatic N) is 2. The molecule has 0 bridgehead atoms. The average molecular weight is 287 g/mol. The van der Waals surface area contributed by atoms with Gasteiger partial charge >= 0.3 is 0 Å². The van der Waals surface area contributed by atoms with Crippen LogP contribution in [0.4, 0.5) is 0 Å². The summed E-state index contributed by atoms with van der Waals surface area (Å²) < 4.78 is 11.1. The van der Waals surface area contributed by atoms with Crippen molar-refractivity contribution in [3.63, 3.8) is 0 Å². The lowest BCUT2D eigenvalue weighted by atomic mass is 10.0. The van der Waals surface area contributed by atoms with Crippen LogP contribution in [0, 0.1) is 6.92 Å². The Balaban J connectivity index is 1.80. The molecule has 5 heteroatoms. The van der Waals surface area contributed by atoms with Crippen LogP contribution in [-0.2, 0) is 4.74 Å². The summed E-state index contributed by atoms with van der Waals surface area (Å²) in [6, 6.07) is 8.32. The van der Waals surface area contributed by atoms with Gasteiger partial charge in [0.05, 0.1) is 19.1 Å². The number of rotatable bonds is 5. The van der Waals surface area contributed by atoms with Gasteiger partial charge in [-0.25, -0.2) is 0 Å². The van der Waals surface area contributed by atoms with Gasteiger partial charge in [-0.3, -0.25) is 0 Å². The first-order chi connectivity index (χ1) is 10.3. The zero-order valence-corrected chi connectivity index (χ0v) is 12.5. The van der Waals surface area contributed by atoms with Crippen molar-refractivity contribution in [2.24, 2.45) is 0 Å². The molecule has 1 aromatic heterocycles. The minimum absolute atomic E-state index is 0.141. The van der Waals surface area contributed by atoms with E-state index in [2.05, 4.69) is 35.4 Å². The lowest BCUT2D eigenvalue weighted by Gasteiger charge is -2.14. The van der Waals surface area contributed by atoms with E-state index in [9.17, 15) is 0 Å². The zero-order valence-electron chi connectivity index (χ0n) is 12.5. The van der Waals surface area contributed by atoms with Gasteiger partial charge in [-0.1, -0.05) is 36.3 Å². The maximum atomic E-state index is 5.57. The fraction of sp³-hybridized carbons (Fsp3) is 0.500. The second-order valence-corrected chi connectivity index (χ2v) is 5.48. The molecule has 1 aliphatic rings. The van der Waals surface area contributed by atoms with Crippen molar-refractivity contribution in [1.82, 2.24) is 15.5 Å². The molecule has 0 amide bonds. The van der Waals surface area contributed by atoms with E-state index in [1.54, 1.807) is 0 Å². The van der Waals surface area contributed by atoms with Crippen molar-refractivity contribution >= 4 is 0 Å². The summed E-state index contributed by atoms with van der Waals surface area (Å²) in [4.78, 5) is 4.58. The number of aromatic nitrogens is 2. The second-order valence-electron chi connectivity index (χ2n) is 5.48. The lowest BCUT2D eigenvalue weighted by Crippen LogP contribution is -2.34. The molecule has 1 fully saturated rings. The Morgan fingerprint density at radius 1 is 1.29 bits per heavy atom. The largest absolute Gasteiger partial charge is 0.379 e. The van der Waals surface area contributed by atoms with Crippen molar-refractivity contribution in [2.45, 2.75) is 32.2 Å². The van der Waals surface area contributed by atoms with Crippen LogP contribution in [0.1, 0.15) is 30.7 Å². The van der Waals surface area contributed by atoms with E-state index in [0.717, 1.165) is 24.1 Å². The molecular formula is C16H21N3O2. The molecule has 2 atom stereocenters. The first kappa shape index (κ1) is 14.2. The molecule has 0 aliphatic carbocycles. The standard InChI is InChI=1S/C16H21N3O2/c1-3-8-17-14-10-20-9-13(14)16-18-15(19-21-16)12-7-5-4-6-11(12)2/h4-7,13-14,17H,3,8-10H2,1-2H3. The highest BCUT2D eigenvalue weighted by Gasteiger charge is 2.33. The lowest BCUT2D eigenvalue weighted by molar-refractivity contribution is 0.184. The number of hydrogen-bond donors (Lipinski definition) is 1. The van der Waals surface area contributed by atoms with Gasteiger partial charge < -0.3 is 14.6 Å². The van der Waals surface area contributed by atoms with Crippen LogP contribution in [-0.4, -0.2) is 35.9 Å². The number of benzene rings is 1. The third-order valence-electron chi connectivity index (χ3n) is 3.88. The predicted molar refractivity (Wildman–Crippen MR) is 80.1 cm³/mol. The highest BCUT2D eigenvalue weighted by atomic mass is 16.5. The molecule has 5 nitrogen and oxygen atoms in total. The van der Waals surface area contributed by atoms with Gasteiger partial charge in [-0.05, 0) is 25.5 Å². The summed E-state index contributed by atoms with van der Waals surface area (Å²) in [6.07, 6.45) is 1.10. The fourth-order valence-electron chi connectivity index (χ4n) is 2.65. The van der Waals surface area contributed by atoms with Crippen molar-refractivity contribution in [2.75, 3.05) is 19.8 Å². The number of hydrogen-bond acceptors (Lipinski definition) is 5. The summed E-state index contributed by atoms with van der Waals surface area (Å²) in [5, 5.41) is 7.62. The quantitative estimate of drug-likeness (QED) is 0.915. The average Bonchev–Trinajstić information content (AvgIpc) is 3.14. The third-order valence-corrected chi connectivity index (χ3v) is 3.88. The Kier molecular flexibility index (Phi) is 4.31. The van der Waals surface area contributed by atoms with Gasteiger partial charge in [0.1, 0.15) is 0 Å². The fourth-order valence-corrected chi connectivity index (χ4v) is 2.65. The van der Waals surface area contributed by atoms with E-state index in [-0.39, 0.29) is 12.0 Å². The Hall–Kier alpha value is -1.72. The van der Waals surface area contributed by atoms with Crippen LogP contribution in [0.3, 0.4) is 0 Å². The van der Waals surface area contributed by atoms with E-state index in [1.165, 1.54) is 0 Å². The molecule has 2 aromatic rings. The van der Waals surface area contributed by atoms with Gasteiger partial charge in [0.2, 0.25) is 11.7 Å². The molecule has 112 valence electrons. The summed E-state index contributed by atoms with van der Waals surface area (Å²) in [6.45, 7) is 6.52. The van der Waals surface area contributed by atoms with Gasteiger partial charge in [0.25, 0.3) is 0 Å². The van der Waals surface area contributed by atoms with E-state index >= 15 is 0 Å². The summed E-state index contributed by atoms with van der Waals surface area (Å²) in [7, 11) is 0. The molecule has 0 saturated carbocycles. The van der Waals surface area contributed by atoms with E-state index in [1.807, 2.05) is 18.2 Å². The van der Waals surface area contributed by atoms with Crippen LogP contribution in [0.2, 0.25) is 0 Å². The van der Waals surface area contributed by atoms with Crippen LogP contribution < -0.4 is 5.32 Å². The molecule has 1 N–H and O–H groups in total. The summed E-state index contributed by atoms with van der Waals surface area (Å²) in [5.41, 5.74) is 2.16. The molecule has 3 rings (SSSR count). The third kappa shape index (κ3) is 2.99. The number of ether oxygens (including phenoxy) is 1. The molecule has 0 radical (unpaired) electrons.